The molecule has 1 aliphatic heterocycles. The van der Waals surface area contributed by atoms with Gasteiger partial charge < -0.3 is 56.0 Å². The third kappa shape index (κ3) is 18.5. The predicted octanol–water partition coefficient (Wildman–Crippen LogP) is 11.1. The van der Waals surface area contributed by atoms with Gasteiger partial charge in [0, 0.05) is 23.4 Å². The number of hydrogen-bond acceptors (Lipinski definition) is 12. The van der Waals surface area contributed by atoms with Crippen molar-refractivity contribution in [1.29, 1.82) is 0 Å². The van der Waals surface area contributed by atoms with Crippen molar-refractivity contribution in [1.82, 2.24) is 26.6 Å². The van der Waals surface area contributed by atoms with Crippen molar-refractivity contribution in [3.8, 4) is 28.4 Å². The molecule has 0 unspecified atom stereocenters. The van der Waals surface area contributed by atoms with E-state index in [0.717, 1.165) is 44.7 Å². The number of nitrogens with zero attached hydrogens (tertiary/aromatic N) is 1. The second kappa shape index (κ2) is 30.5. The average molecular weight is 1240 g/mol. The molecular weight excluding hydrogens is 1150 g/mol. The fourth-order valence-electron chi connectivity index (χ4n) is 10.8. The molecule has 476 valence electrons. The van der Waals surface area contributed by atoms with Crippen molar-refractivity contribution in [2.24, 2.45) is 10.1 Å². The number of amides is 4. The highest BCUT2D eigenvalue weighted by Crippen LogP contribution is 2.46. The van der Waals surface area contributed by atoms with Crippen LogP contribution in [0.3, 0.4) is 0 Å². The molecule has 19 nitrogen and oxygen atoms in total. The van der Waals surface area contributed by atoms with Crippen molar-refractivity contribution >= 4 is 67.3 Å². The second-order valence-electron chi connectivity index (χ2n) is 24.1. The highest BCUT2D eigenvalue weighted by atomic mass is 32.2. The van der Waals surface area contributed by atoms with Crippen LogP contribution in [0.15, 0.2) is 125 Å². The average Bonchev–Trinajstić information content (AvgIpc) is 0.792. The summed E-state index contributed by atoms with van der Waals surface area (Å²) in [4.78, 5) is 70.1. The van der Waals surface area contributed by atoms with Crippen LogP contribution < -0.4 is 46.5 Å². The standard InChI is InChI=1S/C69H87N7O12S/c1-12-23-55(65(80)86-41-47-24-15-14-16-25-47)75-64(79)54(34-31-43(3)72-66(70)76-89(82,83)62-45(5)44(4)61-50(46(62)6)37-38-69(10,11)87-61)74-63(78)53(30-21-22-39-71-67(81)88-68(7,8)9)73-58(77)42-85-57-36-33-49-27-18-20-29-52(49)60(57)59-51-28-19-17-26-48(51)32-35-56(59)84-40-13-2/h14-20,24-29,32-33,35-36,53-55H,3,12-13,21-23,30-31,34,37-42H2,1-2,4-11H3,(H,71,81)(H,73,77)(H,74,78)(H,75,79)(H3,70,72,76)/t53-,54-,55+/m1/s1. The molecule has 0 spiro atoms. The number of sulfonamides is 1. The Kier molecular flexibility index (Phi) is 23.3. The Morgan fingerprint density at radius 2 is 1.31 bits per heavy atom. The number of benzene rings is 6. The number of ether oxygens (including phenoxy) is 5. The summed E-state index contributed by atoms with van der Waals surface area (Å²) in [7, 11) is -4.40. The number of allylic oxidation sites excluding steroid dienone is 1. The Bertz CT molecular complexity index is 3690. The van der Waals surface area contributed by atoms with E-state index in [-0.39, 0.29) is 49.4 Å². The van der Waals surface area contributed by atoms with Gasteiger partial charge in [0.15, 0.2) is 6.61 Å². The summed E-state index contributed by atoms with van der Waals surface area (Å²) < 4.78 is 62.4. The molecular formula is C69H87N7O12S. The van der Waals surface area contributed by atoms with Crippen LogP contribution in [-0.4, -0.2) is 93.2 Å². The number of alkyl carbamates (subject to hydrolysis) is 1. The first-order valence-electron chi connectivity index (χ1n) is 30.5. The Labute approximate surface area is 523 Å². The molecule has 0 fully saturated rings. The van der Waals surface area contributed by atoms with Crippen LogP contribution >= 0.6 is 0 Å². The van der Waals surface area contributed by atoms with Gasteiger partial charge in [-0.1, -0.05) is 118 Å². The second-order valence-corrected chi connectivity index (χ2v) is 25.6. The van der Waals surface area contributed by atoms with Gasteiger partial charge >= 0.3 is 12.1 Å². The van der Waals surface area contributed by atoms with E-state index in [0.29, 0.717) is 78.2 Å². The minimum absolute atomic E-state index is 0.0224. The molecule has 1 aliphatic rings. The van der Waals surface area contributed by atoms with Crippen LogP contribution in [0, 0.1) is 20.8 Å². The lowest BCUT2D eigenvalue weighted by molar-refractivity contribution is -0.149. The molecule has 0 saturated heterocycles. The van der Waals surface area contributed by atoms with E-state index in [1.165, 1.54) is 0 Å². The SMILES string of the molecule is C=C(CC[C@@H](NC(=O)[C@@H](CCCCNC(=O)OC(C)(C)C)NC(=O)COc1ccc2ccccc2c1-c1c(OCCC)ccc2ccccc12)C(=O)N[C@@H](CCC)C(=O)OCc1ccccc1)NC(N)=NS(=O)(=O)c1c(C)c(C)c2c(c1C)CCC(C)(C)O2. The molecule has 7 N–H and O–H groups in total. The van der Waals surface area contributed by atoms with E-state index in [1.807, 2.05) is 120 Å². The normalized spacial score (nSPS) is 14.0. The van der Waals surface area contributed by atoms with Gasteiger partial charge in [-0.3, -0.25) is 14.4 Å². The number of nitrogens with one attached hydrogen (secondary N) is 5. The number of hydrogen-bond donors (Lipinski definition) is 6. The molecule has 7 rings (SSSR count). The molecule has 3 atom stereocenters. The molecule has 20 heteroatoms. The number of carbonyl (C=O) groups is 5. The number of rotatable bonds is 28. The first-order valence-corrected chi connectivity index (χ1v) is 32.0. The van der Waals surface area contributed by atoms with E-state index in [4.69, 9.17) is 29.4 Å². The summed E-state index contributed by atoms with van der Waals surface area (Å²) in [6.45, 7) is 22.5. The largest absolute Gasteiger partial charge is 0.493 e. The van der Waals surface area contributed by atoms with Crippen LogP contribution in [0.5, 0.6) is 17.2 Å². The minimum atomic E-state index is -4.40. The highest BCUT2D eigenvalue weighted by molar-refractivity contribution is 7.90. The number of fused-ring (bicyclic) bond motifs is 3. The van der Waals surface area contributed by atoms with E-state index in [2.05, 4.69) is 37.6 Å². The van der Waals surface area contributed by atoms with Gasteiger partial charge in [0.2, 0.25) is 17.8 Å². The van der Waals surface area contributed by atoms with Gasteiger partial charge in [0.05, 0.1) is 11.5 Å². The lowest BCUT2D eigenvalue weighted by Gasteiger charge is -2.35. The van der Waals surface area contributed by atoms with E-state index in [1.54, 1.807) is 52.8 Å². The van der Waals surface area contributed by atoms with Crippen molar-refractivity contribution in [2.75, 3.05) is 19.8 Å². The van der Waals surface area contributed by atoms with Gasteiger partial charge in [0.1, 0.15) is 53.2 Å². The summed E-state index contributed by atoms with van der Waals surface area (Å²) in [5, 5.41) is 17.7. The first-order chi connectivity index (χ1) is 42.3. The zero-order valence-corrected chi connectivity index (χ0v) is 53.8. The summed E-state index contributed by atoms with van der Waals surface area (Å²) in [5.41, 5.74) is 10.0. The van der Waals surface area contributed by atoms with Crippen LogP contribution in [0.4, 0.5) is 4.79 Å². The fraction of sp³-hybridized carbons (Fsp3) is 0.420. The Balaban J connectivity index is 1.15. The molecule has 4 amide bonds. The lowest BCUT2D eigenvalue weighted by Crippen LogP contribution is -2.56. The molecule has 89 heavy (non-hydrogen) atoms. The van der Waals surface area contributed by atoms with E-state index in [9.17, 15) is 32.4 Å². The van der Waals surface area contributed by atoms with Crippen molar-refractivity contribution in [3.05, 3.63) is 143 Å². The van der Waals surface area contributed by atoms with Crippen molar-refractivity contribution in [2.45, 2.75) is 174 Å². The maximum atomic E-state index is 14.9. The molecule has 0 aliphatic carbocycles. The van der Waals surface area contributed by atoms with Gasteiger partial charge in [-0.2, -0.15) is 8.42 Å². The molecule has 0 aromatic heterocycles. The van der Waals surface area contributed by atoms with E-state index >= 15 is 0 Å². The molecule has 0 bridgehead atoms. The predicted molar refractivity (Wildman–Crippen MR) is 347 cm³/mol. The van der Waals surface area contributed by atoms with E-state index < -0.39 is 81.7 Å². The Hall–Kier alpha value is -8.65. The molecule has 1 heterocycles. The van der Waals surface area contributed by atoms with Gasteiger partial charge in [-0.15, -0.1) is 4.40 Å². The maximum absolute atomic E-state index is 14.9. The zero-order chi connectivity index (χ0) is 64.6. The van der Waals surface area contributed by atoms with Gasteiger partial charge in [0.25, 0.3) is 15.9 Å². The third-order valence-electron chi connectivity index (χ3n) is 15.3. The Morgan fingerprint density at radius 1 is 0.719 bits per heavy atom. The molecule has 6 aromatic carbocycles. The summed E-state index contributed by atoms with van der Waals surface area (Å²) in [5.74, 6) is -1.63. The van der Waals surface area contributed by atoms with Crippen molar-refractivity contribution in [3.63, 3.8) is 0 Å². The van der Waals surface area contributed by atoms with Crippen LogP contribution in [0.1, 0.15) is 134 Å². The van der Waals surface area contributed by atoms with Crippen LogP contribution in [-0.2, 0) is 51.7 Å². The topological polar surface area (TPSA) is 264 Å². The van der Waals surface area contributed by atoms with Crippen molar-refractivity contribution < 1.29 is 56.1 Å². The summed E-state index contributed by atoms with van der Waals surface area (Å²) >= 11 is 0. The Morgan fingerprint density at radius 3 is 1.93 bits per heavy atom. The molecule has 6 aromatic rings. The monoisotopic (exact) mass is 1240 g/mol. The number of nitrogens with two attached hydrogens (primary N) is 1. The first kappa shape index (κ1) is 67.9. The number of guanidine groups is 1. The minimum Gasteiger partial charge on any atom is -0.493 e. The zero-order valence-electron chi connectivity index (χ0n) is 53.0. The van der Waals surface area contributed by atoms with Gasteiger partial charge in [-0.05, 0) is 175 Å². The lowest BCUT2D eigenvalue weighted by atomic mass is 9.88. The molecule has 0 saturated carbocycles. The number of unbranched alkanes of at least 4 members (excludes halogenated alkanes) is 1. The maximum Gasteiger partial charge on any atom is 0.407 e. The van der Waals surface area contributed by atoms with Gasteiger partial charge in [-0.25, -0.2) is 9.59 Å². The smallest absolute Gasteiger partial charge is 0.407 e. The quantitative estimate of drug-likeness (QED) is 0.0116. The third-order valence-corrected chi connectivity index (χ3v) is 16.9. The summed E-state index contributed by atoms with van der Waals surface area (Å²) in [6, 6.07) is 28.8. The summed E-state index contributed by atoms with van der Waals surface area (Å²) in [6.07, 6.45) is 2.63. The van der Waals surface area contributed by atoms with Crippen LogP contribution in [0.2, 0.25) is 0 Å². The number of carbonyl (C=O) groups excluding carboxylic acids is 5. The fourth-order valence-corrected chi connectivity index (χ4v) is 12.2. The number of esters is 1. The molecule has 0 radical (unpaired) electrons. The highest BCUT2D eigenvalue weighted by Gasteiger charge is 2.35. The van der Waals surface area contributed by atoms with Crippen LogP contribution in [0.25, 0.3) is 32.7 Å².